The van der Waals surface area contributed by atoms with Gasteiger partial charge < -0.3 is 10.1 Å². The molecule has 0 spiro atoms. The fourth-order valence-corrected chi connectivity index (χ4v) is 3.52. The van der Waals surface area contributed by atoms with Crippen molar-refractivity contribution in [3.8, 4) is 5.75 Å². The number of tetrazole rings is 1. The van der Waals surface area contributed by atoms with E-state index in [1.165, 1.54) is 11.8 Å². The van der Waals surface area contributed by atoms with Gasteiger partial charge in [-0.05, 0) is 52.8 Å². The molecule has 1 unspecified atom stereocenters. The Morgan fingerprint density at radius 1 is 1.35 bits per heavy atom. The number of nitrogens with one attached hydrogen (secondary N) is 1. The highest BCUT2D eigenvalue weighted by Gasteiger charge is 2.33. The number of benzene rings is 1. The van der Waals surface area contributed by atoms with Gasteiger partial charge in [-0.3, -0.25) is 4.79 Å². The first-order chi connectivity index (χ1) is 12.6. The Balaban J connectivity index is 1.58. The number of carbonyl (C=O) groups is 1. The lowest BCUT2D eigenvalue weighted by Gasteiger charge is -2.19. The predicted molar refractivity (Wildman–Crippen MR) is 100.0 cm³/mol. The monoisotopic (exact) mass is 375 g/mol. The van der Waals surface area contributed by atoms with Gasteiger partial charge in [-0.2, -0.15) is 0 Å². The molecule has 1 aromatic carbocycles. The molecule has 0 bridgehead atoms. The second-order valence-electron chi connectivity index (χ2n) is 6.98. The van der Waals surface area contributed by atoms with Crippen molar-refractivity contribution in [2.75, 3.05) is 12.9 Å². The molecule has 26 heavy (non-hydrogen) atoms. The molecule has 0 radical (unpaired) electrons. The van der Waals surface area contributed by atoms with Gasteiger partial charge in [0, 0.05) is 6.54 Å². The van der Waals surface area contributed by atoms with Crippen molar-refractivity contribution in [1.82, 2.24) is 25.5 Å². The summed E-state index contributed by atoms with van der Waals surface area (Å²) >= 11 is 1.37. The van der Waals surface area contributed by atoms with Gasteiger partial charge in [0.2, 0.25) is 11.1 Å². The summed E-state index contributed by atoms with van der Waals surface area (Å²) in [6.07, 6.45) is 2.30. The van der Waals surface area contributed by atoms with Crippen LogP contribution < -0.4 is 10.1 Å². The highest BCUT2D eigenvalue weighted by Crippen LogP contribution is 2.41. The van der Waals surface area contributed by atoms with E-state index in [1.807, 2.05) is 24.3 Å². The Bertz CT molecular complexity index is 727. The summed E-state index contributed by atoms with van der Waals surface area (Å²) in [6.45, 7) is 4.96. The number of hydrogen-bond donors (Lipinski definition) is 1. The van der Waals surface area contributed by atoms with E-state index in [4.69, 9.17) is 4.74 Å². The van der Waals surface area contributed by atoms with Gasteiger partial charge in [-0.15, -0.1) is 5.10 Å². The molecule has 0 aliphatic heterocycles. The lowest BCUT2D eigenvalue weighted by Crippen LogP contribution is -2.31. The third-order valence-electron chi connectivity index (χ3n) is 4.25. The summed E-state index contributed by atoms with van der Waals surface area (Å²) in [5.74, 6) is 2.09. The van der Waals surface area contributed by atoms with Crippen LogP contribution in [0, 0.1) is 11.8 Å². The van der Waals surface area contributed by atoms with Crippen LogP contribution in [0.4, 0.5) is 0 Å². The molecule has 1 aromatic heterocycles. The van der Waals surface area contributed by atoms with Gasteiger partial charge in [0.15, 0.2) is 0 Å². The van der Waals surface area contributed by atoms with Crippen LogP contribution in [-0.4, -0.2) is 39.0 Å². The van der Waals surface area contributed by atoms with Crippen LogP contribution in [0.2, 0.25) is 0 Å². The quantitative estimate of drug-likeness (QED) is 0.679. The maximum atomic E-state index is 12.5. The van der Waals surface area contributed by atoms with E-state index in [0.717, 1.165) is 30.7 Å². The Morgan fingerprint density at radius 2 is 2.08 bits per heavy atom. The average Bonchev–Trinajstić information content (AvgIpc) is 3.38. The van der Waals surface area contributed by atoms with Crippen LogP contribution in [-0.2, 0) is 11.3 Å². The molecule has 1 N–H and O–H groups in total. The van der Waals surface area contributed by atoms with Gasteiger partial charge >= 0.3 is 0 Å². The number of carbonyl (C=O) groups excluding carboxylic acids is 1. The van der Waals surface area contributed by atoms with Crippen LogP contribution in [0.25, 0.3) is 0 Å². The number of rotatable bonds is 9. The molecular weight excluding hydrogens is 350 g/mol. The summed E-state index contributed by atoms with van der Waals surface area (Å²) in [5, 5.41) is 15.6. The minimum atomic E-state index is 0.00168. The molecular formula is C18H25N5O2S. The van der Waals surface area contributed by atoms with Gasteiger partial charge in [0.25, 0.3) is 0 Å². The molecule has 0 saturated heterocycles. The lowest BCUT2D eigenvalue weighted by molar-refractivity contribution is -0.119. The van der Waals surface area contributed by atoms with Crippen molar-refractivity contribution in [3.63, 3.8) is 0 Å². The number of aromatic nitrogens is 4. The number of methoxy groups -OCH3 is 1. The minimum Gasteiger partial charge on any atom is -0.497 e. The van der Waals surface area contributed by atoms with E-state index in [1.54, 1.807) is 11.8 Å². The molecule has 1 saturated carbocycles. The molecule has 8 heteroatoms. The Hall–Kier alpha value is -2.09. The van der Waals surface area contributed by atoms with Gasteiger partial charge in [-0.1, -0.05) is 37.7 Å². The zero-order valence-corrected chi connectivity index (χ0v) is 16.2. The van der Waals surface area contributed by atoms with Crippen LogP contribution >= 0.6 is 11.8 Å². The molecule has 7 nitrogen and oxygen atoms in total. The third-order valence-corrected chi connectivity index (χ3v) is 5.21. The first-order valence-corrected chi connectivity index (χ1v) is 9.87. The zero-order valence-electron chi connectivity index (χ0n) is 15.4. The fraction of sp³-hybridized carbons (Fsp3) is 0.556. The van der Waals surface area contributed by atoms with Crippen molar-refractivity contribution in [1.29, 1.82) is 0 Å². The number of hydrogen-bond acceptors (Lipinski definition) is 6. The second-order valence-corrected chi connectivity index (χ2v) is 7.92. The maximum absolute atomic E-state index is 12.5. The summed E-state index contributed by atoms with van der Waals surface area (Å²) in [4.78, 5) is 12.5. The smallest absolute Gasteiger partial charge is 0.230 e. The van der Waals surface area contributed by atoms with Crippen molar-refractivity contribution in [2.24, 2.45) is 11.8 Å². The van der Waals surface area contributed by atoms with Crippen molar-refractivity contribution in [3.05, 3.63) is 29.8 Å². The van der Waals surface area contributed by atoms with E-state index in [-0.39, 0.29) is 11.9 Å². The van der Waals surface area contributed by atoms with Gasteiger partial charge in [0.1, 0.15) is 5.75 Å². The normalized spacial score (nSPS) is 15.1. The van der Waals surface area contributed by atoms with E-state index in [0.29, 0.717) is 22.7 Å². The number of nitrogens with zero attached hydrogens (tertiary/aromatic N) is 4. The lowest BCUT2D eigenvalue weighted by atomic mass is 10.0. The molecule has 1 aliphatic rings. The summed E-state index contributed by atoms with van der Waals surface area (Å²) in [6, 6.07) is 7.98. The summed E-state index contributed by atoms with van der Waals surface area (Å²) in [5.41, 5.74) is 1.12. The molecule has 1 atom stereocenters. The van der Waals surface area contributed by atoms with Gasteiger partial charge in [-0.25, -0.2) is 4.68 Å². The fourth-order valence-electron chi connectivity index (χ4n) is 2.82. The maximum Gasteiger partial charge on any atom is 0.230 e. The van der Waals surface area contributed by atoms with Crippen LogP contribution in [0.15, 0.2) is 29.4 Å². The van der Waals surface area contributed by atoms with E-state index in [9.17, 15) is 4.79 Å². The van der Waals surface area contributed by atoms with Crippen LogP contribution in [0.1, 0.15) is 38.3 Å². The molecule has 1 aliphatic carbocycles. The second kappa shape index (κ2) is 8.53. The summed E-state index contributed by atoms with van der Waals surface area (Å²) in [7, 11) is 1.65. The Labute approximate surface area is 157 Å². The van der Waals surface area contributed by atoms with E-state index >= 15 is 0 Å². The SMILES string of the molecule is COc1ccc(C(NC(=O)CSc2nnnn2CC(C)C)C2CC2)cc1. The average molecular weight is 375 g/mol. The van der Waals surface area contributed by atoms with E-state index in [2.05, 4.69) is 34.7 Å². The van der Waals surface area contributed by atoms with Crippen molar-refractivity contribution >= 4 is 17.7 Å². The highest BCUT2D eigenvalue weighted by atomic mass is 32.2. The standard InChI is InChI=1S/C18H25N5O2S/c1-12(2)10-23-18(20-21-22-23)26-11-16(24)19-17(13-4-5-13)14-6-8-15(25-3)9-7-14/h6-9,12-13,17H,4-5,10-11H2,1-3H3,(H,19,24). The van der Waals surface area contributed by atoms with Crippen molar-refractivity contribution < 1.29 is 9.53 Å². The van der Waals surface area contributed by atoms with Crippen LogP contribution in [0.3, 0.4) is 0 Å². The number of amides is 1. The molecule has 1 heterocycles. The summed E-state index contributed by atoms with van der Waals surface area (Å²) < 4.78 is 6.97. The Kier molecular flexibility index (Phi) is 6.13. The first kappa shape index (κ1) is 18.7. The minimum absolute atomic E-state index is 0.00168. The molecule has 2 aromatic rings. The topological polar surface area (TPSA) is 81.9 Å². The first-order valence-electron chi connectivity index (χ1n) is 8.89. The van der Waals surface area contributed by atoms with Crippen LogP contribution in [0.5, 0.6) is 5.75 Å². The molecule has 1 fully saturated rings. The third kappa shape index (κ3) is 4.97. The molecule has 1 amide bonds. The molecule has 3 rings (SSSR count). The van der Waals surface area contributed by atoms with Gasteiger partial charge in [0.05, 0.1) is 18.9 Å². The number of thioether (sulfide) groups is 1. The Morgan fingerprint density at radius 3 is 2.69 bits per heavy atom. The largest absolute Gasteiger partial charge is 0.497 e. The van der Waals surface area contributed by atoms with E-state index < -0.39 is 0 Å². The highest BCUT2D eigenvalue weighted by molar-refractivity contribution is 7.99. The zero-order chi connectivity index (χ0) is 18.5. The predicted octanol–water partition coefficient (Wildman–Crippen LogP) is 2.70. The number of ether oxygens (including phenoxy) is 1. The van der Waals surface area contributed by atoms with Crippen molar-refractivity contribution in [2.45, 2.75) is 44.4 Å². The molecule has 140 valence electrons.